The van der Waals surface area contributed by atoms with Gasteiger partial charge in [-0.2, -0.15) is 0 Å². The smallest absolute Gasteiger partial charge is 0.258 e. The summed E-state index contributed by atoms with van der Waals surface area (Å²) in [6.45, 7) is 2.82. The van der Waals surface area contributed by atoms with Gasteiger partial charge >= 0.3 is 0 Å². The maximum absolute atomic E-state index is 12.8. The van der Waals surface area contributed by atoms with Crippen LogP contribution in [0.3, 0.4) is 0 Å². The van der Waals surface area contributed by atoms with Crippen LogP contribution in [-0.2, 0) is 17.8 Å². The van der Waals surface area contributed by atoms with Gasteiger partial charge in [-0.05, 0) is 42.3 Å². The molecule has 6 nitrogen and oxygen atoms in total. The van der Waals surface area contributed by atoms with Crippen molar-refractivity contribution in [3.05, 3.63) is 69.2 Å². The predicted octanol–water partition coefficient (Wildman–Crippen LogP) is 3.57. The number of fused-ring (bicyclic) bond motifs is 1. The Labute approximate surface area is 168 Å². The van der Waals surface area contributed by atoms with Gasteiger partial charge in [0.2, 0.25) is 5.91 Å². The molecule has 1 heterocycles. The lowest BCUT2D eigenvalue weighted by Gasteiger charge is -2.22. The molecule has 1 aromatic heterocycles. The van der Waals surface area contributed by atoms with E-state index in [0.717, 1.165) is 17.7 Å². The summed E-state index contributed by atoms with van der Waals surface area (Å²) in [5.41, 5.74) is 1.18. The highest BCUT2D eigenvalue weighted by Gasteiger charge is 2.16. The number of carbonyl (C=O) groups is 1. The molecular formula is C21H22ClN3O3. The Morgan fingerprint density at radius 2 is 1.96 bits per heavy atom. The molecule has 0 aliphatic carbocycles. The molecular weight excluding hydrogens is 378 g/mol. The van der Waals surface area contributed by atoms with Crippen molar-refractivity contribution in [3.8, 4) is 5.75 Å². The van der Waals surface area contributed by atoms with Gasteiger partial charge in [0.05, 0.1) is 31.0 Å². The highest BCUT2D eigenvalue weighted by Crippen LogP contribution is 2.16. The van der Waals surface area contributed by atoms with E-state index < -0.39 is 0 Å². The molecule has 0 radical (unpaired) electrons. The zero-order chi connectivity index (χ0) is 20.1. The van der Waals surface area contributed by atoms with Crippen LogP contribution in [0.15, 0.2) is 47.3 Å². The molecule has 0 bridgehead atoms. The first kappa shape index (κ1) is 19.9. The number of nitrogens with one attached hydrogen (secondary N) is 1. The van der Waals surface area contributed by atoms with Crippen molar-refractivity contribution >= 4 is 28.4 Å². The Morgan fingerprint density at radius 3 is 2.64 bits per heavy atom. The second-order valence-electron chi connectivity index (χ2n) is 6.51. The minimum atomic E-state index is -0.240. The van der Waals surface area contributed by atoms with E-state index in [1.54, 1.807) is 30.2 Å². The van der Waals surface area contributed by atoms with E-state index in [1.165, 1.54) is 0 Å². The van der Waals surface area contributed by atoms with Gasteiger partial charge in [-0.1, -0.05) is 30.7 Å². The van der Waals surface area contributed by atoms with E-state index >= 15 is 0 Å². The number of hydrogen-bond donors (Lipinski definition) is 1. The van der Waals surface area contributed by atoms with Crippen LogP contribution in [0.25, 0.3) is 10.9 Å². The lowest BCUT2D eigenvalue weighted by molar-refractivity contribution is -0.131. The van der Waals surface area contributed by atoms with Crippen molar-refractivity contribution in [2.24, 2.45) is 0 Å². The maximum Gasteiger partial charge on any atom is 0.258 e. The van der Waals surface area contributed by atoms with E-state index in [-0.39, 0.29) is 24.4 Å². The normalized spacial score (nSPS) is 10.8. The SMILES string of the molecule is CCCN(Cc1nc2cc(Cl)ccc2c(=O)[nH]1)C(=O)Cc1ccc(OC)cc1. The third-order valence-corrected chi connectivity index (χ3v) is 4.65. The van der Waals surface area contributed by atoms with Crippen molar-refractivity contribution in [1.29, 1.82) is 0 Å². The van der Waals surface area contributed by atoms with Crippen molar-refractivity contribution < 1.29 is 9.53 Å². The van der Waals surface area contributed by atoms with Crippen molar-refractivity contribution in [1.82, 2.24) is 14.9 Å². The van der Waals surface area contributed by atoms with Crippen LogP contribution in [0.5, 0.6) is 5.75 Å². The molecule has 0 atom stereocenters. The summed E-state index contributed by atoms with van der Waals surface area (Å²) < 4.78 is 5.15. The zero-order valence-corrected chi connectivity index (χ0v) is 16.6. The molecule has 1 amide bonds. The minimum Gasteiger partial charge on any atom is -0.497 e. The Morgan fingerprint density at radius 1 is 1.21 bits per heavy atom. The predicted molar refractivity (Wildman–Crippen MR) is 110 cm³/mol. The van der Waals surface area contributed by atoms with E-state index in [0.29, 0.717) is 28.3 Å². The van der Waals surface area contributed by atoms with Crippen LogP contribution in [0.4, 0.5) is 0 Å². The van der Waals surface area contributed by atoms with Crippen LogP contribution < -0.4 is 10.3 Å². The fraction of sp³-hybridized carbons (Fsp3) is 0.286. The molecule has 0 saturated heterocycles. The maximum atomic E-state index is 12.8. The third-order valence-electron chi connectivity index (χ3n) is 4.42. The lowest BCUT2D eigenvalue weighted by atomic mass is 10.1. The molecule has 0 aliphatic heterocycles. The summed E-state index contributed by atoms with van der Waals surface area (Å²) in [6.07, 6.45) is 1.08. The zero-order valence-electron chi connectivity index (χ0n) is 15.9. The average Bonchev–Trinajstić information content (AvgIpc) is 2.68. The largest absolute Gasteiger partial charge is 0.497 e. The van der Waals surface area contributed by atoms with Gasteiger partial charge in [-0.25, -0.2) is 4.98 Å². The van der Waals surface area contributed by atoms with Crippen LogP contribution in [0, 0.1) is 0 Å². The molecule has 3 aromatic rings. The van der Waals surface area contributed by atoms with Crippen molar-refractivity contribution in [2.75, 3.05) is 13.7 Å². The topological polar surface area (TPSA) is 75.3 Å². The number of H-pyrrole nitrogens is 1. The van der Waals surface area contributed by atoms with Gasteiger partial charge < -0.3 is 14.6 Å². The number of benzene rings is 2. The first-order chi connectivity index (χ1) is 13.5. The van der Waals surface area contributed by atoms with Gasteiger partial charge in [0, 0.05) is 11.6 Å². The summed E-state index contributed by atoms with van der Waals surface area (Å²) in [5.74, 6) is 1.16. The summed E-state index contributed by atoms with van der Waals surface area (Å²) in [5, 5.41) is 0.984. The van der Waals surface area contributed by atoms with Gasteiger partial charge in [0.1, 0.15) is 11.6 Å². The van der Waals surface area contributed by atoms with E-state index in [9.17, 15) is 9.59 Å². The summed E-state index contributed by atoms with van der Waals surface area (Å²) in [7, 11) is 1.60. The van der Waals surface area contributed by atoms with Crippen LogP contribution >= 0.6 is 11.6 Å². The number of carbonyl (C=O) groups excluding carboxylic acids is 1. The first-order valence-electron chi connectivity index (χ1n) is 9.09. The number of amides is 1. The lowest BCUT2D eigenvalue weighted by Crippen LogP contribution is -2.34. The number of hydrogen-bond acceptors (Lipinski definition) is 4. The number of aromatic nitrogens is 2. The number of methoxy groups -OCH3 is 1. The highest BCUT2D eigenvalue weighted by molar-refractivity contribution is 6.31. The quantitative estimate of drug-likeness (QED) is 0.659. The Bertz CT molecular complexity index is 1030. The number of aromatic amines is 1. The van der Waals surface area contributed by atoms with Crippen molar-refractivity contribution in [2.45, 2.75) is 26.3 Å². The van der Waals surface area contributed by atoms with Crippen LogP contribution in [0.2, 0.25) is 5.02 Å². The summed E-state index contributed by atoms with van der Waals surface area (Å²) >= 11 is 6.02. The van der Waals surface area contributed by atoms with Crippen LogP contribution in [0.1, 0.15) is 24.7 Å². The average molecular weight is 400 g/mol. The van der Waals surface area contributed by atoms with Gasteiger partial charge in [0.25, 0.3) is 5.56 Å². The summed E-state index contributed by atoms with van der Waals surface area (Å²) in [4.78, 5) is 34.1. The number of halogens is 1. The molecule has 0 aliphatic rings. The second kappa shape index (κ2) is 8.89. The third kappa shape index (κ3) is 4.70. The van der Waals surface area contributed by atoms with E-state index in [2.05, 4.69) is 9.97 Å². The monoisotopic (exact) mass is 399 g/mol. The Balaban J connectivity index is 1.80. The van der Waals surface area contributed by atoms with E-state index in [1.807, 2.05) is 31.2 Å². The molecule has 28 heavy (non-hydrogen) atoms. The molecule has 1 N–H and O–H groups in total. The minimum absolute atomic E-state index is 0.0270. The molecule has 146 valence electrons. The molecule has 0 fully saturated rings. The van der Waals surface area contributed by atoms with Gasteiger partial charge in [0.15, 0.2) is 0 Å². The first-order valence-corrected chi connectivity index (χ1v) is 9.47. The fourth-order valence-electron chi connectivity index (χ4n) is 3.01. The van der Waals surface area contributed by atoms with Crippen LogP contribution in [-0.4, -0.2) is 34.4 Å². The van der Waals surface area contributed by atoms with E-state index in [4.69, 9.17) is 16.3 Å². The molecule has 3 rings (SSSR count). The number of ether oxygens (including phenoxy) is 1. The molecule has 7 heteroatoms. The van der Waals surface area contributed by atoms with Gasteiger partial charge in [-0.3, -0.25) is 9.59 Å². The Kier molecular flexibility index (Phi) is 6.31. The number of nitrogens with zero attached hydrogens (tertiary/aromatic N) is 2. The molecule has 2 aromatic carbocycles. The van der Waals surface area contributed by atoms with Crippen molar-refractivity contribution in [3.63, 3.8) is 0 Å². The molecule has 0 unspecified atom stereocenters. The van der Waals surface area contributed by atoms with Gasteiger partial charge in [-0.15, -0.1) is 0 Å². The highest BCUT2D eigenvalue weighted by atomic mass is 35.5. The fourth-order valence-corrected chi connectivity index (χ4v) is 3.17. The second-order valence-corrected chi connectivity index (χ2v) is 6.95. The molecule has 0 spiro atoms. The standard InChI is InChI=1S/C21H22ClN3O3/c1-3-10-25(20(26)11-14-4-7-16(28-2)8-5-14)13-19-23-18-12-15(22)6-9-17(18)21(27)24-19/h4-9,12H,3,10-11,13H2,1-2H3,(H,23,24,27). The Hall–Kier alpha value is -2.86. The number of rotatable bonds is 7. The molecule has 0 saturated carbocycles. The summed E-state index contributed by atoms with van der Waals surface area (Å²) in [6, 6.07) is 12.4.